The lowest BCUT2D eigenvalue weighted by atomic mass is 10.0. The van der Waals surface area contributed by atoms with Gasteiger partial charge in [0, 0.05) is 23.2 Å². The maximum absolute atomic E-state index is 11.9. The molecule has 2 heteroatoms. The zero-order valence-electron chi connectivity index (χ0n) is 12.2. The molecule has 2 aromatic carbocycles. The van der Waals surface area contributed by atoms with Crippen molar-refractivity contribution in [2.45, 2.75) is 13.8 Å². The molecule has 0 aliphatic rings. The largest absolute Gasteiger partial charge is 0.294 e. The highest BCUT2D eigenvalue weighted by Crippen LogP contribution is 2.23. The van der Waals surface area contributed by atoms with Gasteiger partial charge in [-0.15, -0.1) is 0 Å². The minimum atomic E-state index is -0.00156. The summed E-state index contributed by atoms with van der Waals surface area (Å²) in [5, 5.41) is 2.41. The summed E-state index contributed by atoms with van der Waals surface area (Å²) in [5.41, 5.74) is 2.63. The van der Waals surface area contributed by atoms with Crippen molar-refractivity contribution in [3.05, 3.63) is 66.4 Å². The van der Waals surface area contributed by atoms with Gasteiger partial charge in [-0.05, 0) is 29.0 Å². The summed E-state index contributed by atoms with van der Waals surface area (Å²) in [6.07, 6.45) is 1.67. The maximum atomic E-state index is 11.9. The maximum Gasteiger partial charge on any atom is 0.166 e. The molecule has 104 valence electrons. The van der Waals surface area contributed by atoms with Crippen LogP contribution in [0.3, 0.4) is 0 Å². The molecular weight excluding hydrogens is 258 g/mol. The van der Waals surface area contributed by atoms with Crippen LogP contribution in [0.2, 0.25) is 0 Å². The highest BCUT2D eigenvalue weighted by molar-refractivity contribution is 5.97. The lowest BCUT2D eigenvalue weighted by Gasteiger charge is -2.06. The van der Waals surface area contributed by atoms with Crippen molar-refractivity contribution >= 4 is 16.6 Å². The second-order valence-electron chi connectivity index (χ2n) is 5.51. The molecule has 0 spiro atoms. The average Bonchev–Trinajstić information content (AvgIpc) is 2.54. The average molecular weight is 275 g/mol. The van der Waals surface area contributed by atoms with E-state index in [4.69, 9.17) is 0 Å². The van der Waals surface area contributed by atoms with Crippen molar-refractivity contribution in [3.63, 3.8) is 0 Å². The molecule has 0 bridgehead atoms. The SMILES string of the molecule is CC(C)C(=O)c1ccc(-c2ccc3ccccc3c2)nc1. The van der Waals surface area contributed by atoms with E-state index in [0.29, 0.717) is 5.56 Å². The Kier molecular flexibility index (Phi) is 3.53. The molecule has 0 N–H and O–H groups in total. The third-order valence-electron chi connectivity index (χ3n) is 3.62. The number of pyridine rings is 1. The number of fused-ring (bicyclic) bond motifs is 1. The van der Waals surface area contributed by atoms with Crippen molar-refractivity contribution < 1.29 is 4.79 Å². The predicted octanol–water partition coefficient (Wildman–Crippen LogP) is 4.74. The van der Waals surface area contributed by atoms with Gasteiger partial charge in [0.2, 0.25) is 0 Å². The van der Waals surface area contributed by atoms with E-state index in [1.807, 2.05) is 38.1 Å². The molecule has 0 fully saturated rings. The first kappa shape index (κ1) is 13.5. The van der Waals surface area contributed by atoms with Crippen molar-refractivity contribution in [2.75, 3.05) is 0 Å². The molecule has 0 aliphatic carbocycles. The Labute approximate surface area is 124 Å². The Morgan fingerprint density at radius 1 is 0.952 bits per heavy atom. The monoisotopic (exact) mass is 275 g/mol. The summed E-state index contributed by atoms with van der Waals surface area (Å²) in [5.74, 6) is 0.130. The van der Waals surface area contributed by atoms with Gasteiger partial charge in [0.05, 0.1) is 5.69 Å². The number of carbonyl (C=O) groups is 1. The molecular formula is C19H17NO. The van der Waals surface area contributed by atoms with E-state index in [9.17, 15) is 4.79 Å². The van der Waals surface area contributed by atoms with Gasteiger partial charge in [0.25, 0.3) is 0 Å². The van der Waals surface area contributed by atoms with Crippen LogP contribution in [0, 0.1) is 5.92 Å². The summed E-state index contributed by atoms with van der Waals surface area (Å²) in [6, 6.07) is 18.3. The van der Waals surface area contributed by atoms with Crippen LogP contribution in [-0.4, -0.2) is 10.8 Å². The van der Waals surface area contributed by atoms with Crippen LogP contribution in [0.5, 0.6) is 0 Å². The van der Waals surface area contributed by atoms with E-state index < -0.39 is 0 Å². The minimum absolute atomic E-state index is 0.00156. The van der Waals surface area contributed by atoms with Gasteiger partial charge in [-0.25, -0.2) is 0 Å². The molecule has 1 heterocycles. The van der Waals surface area contributed by atoms with Crippen molar-refractivity contribution in [3.8, 4) is 11.3 Å². The summed E-state index contributed by atoms with van der Waals surface area (Å²) in [6.45, 7) is 3.80. The molecule has 0 saturated carbocycles. The number of benzene rings is 2. The fourth-order valence-electron chi connectivity index (χ4n) is 2.39. The Morgan fingerprint density at radius 3 is 2.38 bits per heavy atom. The molecule has 3 rings (SSSR count). The van der Waals surface area contributed by atoms with Crippen LogP contribution in [0.15, 0.2) is 60.8 Å². The summed E-state index contributed by atoms with van der Waals surface area (Å²) in [4.78, 5) is 16.4. The number of aromatic nitrogens is 1. The molecule has 0 radical (unpaired) electrons. The van der Waals surface area contributed by atoms with E-state index in [1.165, 1.54) is 10.8 Å². The smallest absolute Gasteiger partial charge is 0.166 e. The van der Waals surface area contributed by atoms with E-state index in [2.05, 4.69) is 35.3 Å². The predicted molar refractivity (Wildman–Crippen MR) is 86.3 cm³/mol. The summed E-state index contributed by atoms with van der Waals surface area (Å²) < 4.78 is 0. The second kappa shape index (κ2) is 5.49. The standard InChI is InChI=1S/C19H17NO/c1-13(2)19(21)17-9-10-18(20-12-17)16-8-7-14-5-3-4-6-15(14)11-16/h3-13H,1-2H3. The lowest BCUT2D eigenvalue weighted by Crippen LogP contribution is -2.07. The molecule has 0 saturated heterocycles. The van der Waals surface area contributed by atoms with Gasteiger partial charge in [0.15, 0.2) is 5.78 Å². The molecule has 3 aromatic rings. The van der Waals surface area contributed by atoms with Crippen molar-refractivity contribution in [1.82, 2.24) is 4.98 Å². The summed E-state index contributed by atoms with van der Waals surface area (Å²) in [7, 11) is 0. The Morgan fingerprint density at radius 2 is 1.71 bits per heavy atom. The van der Waals surface area contributed by atoms with Gasteiger partial charge >= 0.3 is 0 Å². The van der Waals surface area contributed by atoms with Crippen LogP contribution in [0.4, 0.5) is 0 Å². The van der Waals surface area contributed by atoms with E-state index in [0.717, 1.165) is 11.3 Å². The quantitative estimate of drug-likeness (QED) is 0.646. The number of carbonyl (C=O) groups excluding carboxylic acids is 1. The first-order chi connectivity index (χ1) is 10.1. The second-order valence-corrected chi connectivity index (χ2v) is 5.51. The van der Waals surface area contributed by atoms with Crippen LogP contribution in [0.25, 0.3) is 22.0 Å². The van der Waals surface area contributed by atoms with Crippen LogP contribution in [0.1, 0.15) is 24.2 Å². The highest BCUT2D eigenvalue weighted by Gasteiger charge is 2.11. The zero-order valence-corrected chi connectivity index (χ0v) is 12.2. The molecule has 0 amide bonds. The van der Waals surface area contributed by atoms with Gasteiger partial charge in [-0.3, -0.25) is 9.78 Å². The van der Waals surface area contributed by atoms with Crippen LogP contribution >= 0.6 is 0 Å². The molecule has 0 aliphatic heterocycles. The highest BCUT2D eigenvalue weighted by atomic mass is 16.1. The number of ketones is 1. The number of Topliss-reactive ketones (excluding diaryl/α,β-unsaturated/α-hetero) is 1. The third kappa shape index (κ3) is 2.70. The fraction of sp³-hybridized carbons (Fsp3) is 0.158. The van der Waals surface area contributed by atoms with Gasteiger partial charge in [-0.2, -0.15) is 0 Å². The van der Waals surface area contributed by atoms with Gasteiger partial charge in [0.1, 0.15) is 0 Å². The first-order valence-corrected chi connectivity index (χ1v) is 7.14. The topological polar surface area (TPSA) is 30.0 Å². The normalized spacial score (nSPS) is 11.0. The van der Waals surface area contributed by atoms with E-state index in [1.54, 1.807) is 6.20 Å². The number of hydrogen-bond acceptors (Lipinski definition) is 2. The van der Waals surface area contributed by atoms with Gasteiger partial charge in [-0.1, -0.05) is 50.2 Å². The fourth-order valence-corrected chi connectivity index (χ4v) is 2.39. The Hall–Kier alpha value is -2.48. The molecule has 21 heavy (non-hydrogen) atoms. The number of hydrogen-bond donors (Lipinski definition) is 0. The molecule has 0 unspecified atom stereocenters. The Bertz CT molecular complexity index is 788. The van der Waals surface area contributed by atoms with Crippen LogP contribution in [-0.2, 0) is 0 Å². The number of nitrogens with zero attached hydrogens (tertiary/aromatic N) is 1. The van der Waals surface area contributed by atoms with Gasteiger partial charge < -0.3 is 0 Å². The minimum Gasteiger partial charge on any atom is -0.294 e. The zero-order chi connectivity index (χ0) is 14.8. The molecule has 1 aromatic heterocycles. The van der Waals surface area contributed by atoms with E-state index >= 15 is 0 Å². The number of rotatable bonds is 3. The third-order valence-corrected chi connectivity index (χ3v) is 3.62. The van der Waals surface area contributed by atoms with Crippen LogP contribution < -0.4 is 0 Å². The lowest BCUT2D eigenvalue weighted by molar-refractivity contribution is 0.0939. The first-order valence-electron chi connectivity index (χ1n) is 7.14. The Balaban J connectivity index is 1.97. The van der Waals surface area contributed by atoms with Crippen molar-refractivity contribution in [2.24, 2.45) is 5.92 Å². The summed E-state index contributed by atoms with van der Waals surface area (Å²) >= 11 is 0. The molecule has 0 atom stereocenters. The van der Waals surface area contributed by atoms with Crippen molar-refractivity contribution in [1.29, 1.82) is 0 Å². The molecule has 2 nitrogen and oxygen atoms in total. The van der Waals surface area contributed by atoms with E-state index in [-0.39, 0.29) is 11.7 Å².